The lowest BCUT2D eigenvalue weighted by Gasteiger charge is -2.06. The first-order chi connectivity index (χ1) is 9.54. The SMILES string of the molecule is Cc1cc(Cn2cnc3c(C)csc3c2=O)nc(C)n1. The van der Waals surface area contributed by atoms with E-state index in [0.29, 0.717) is 17.1 Å². The highest BCUT2D eigenvalue weighted by molar-refractivity contribution is 7.17. The molecule has 0 saturated carbocycles. The summed E-state index contributed by atoms with van der Waals surface area (Å²) in [6, 6.07) is 1.89. The molecule has 5 nitrogen and oxygen atoms in total. The Morgan fingerprint density at radius 3 is 2.80 bits per heavy atom. The van der Waals surface area contributed by atoms with Crippen LogP contribution in [-0.4, -0.2) is 19.5 Å². The Balaban J connectivity index is 2.06. The van der Waals surface area contributed by atoms with Crippen LogP contribution < -0.4 is 5.56 Å². The van der Waals surface area contributed by atoms with E-state index in [-0.39, 0.29) is 5.56 Å². The average molecular weight is 286 g/mol. The third-order valence-corrected chi connectivity index (χ3v) is 4.15. The number of aromatic nitrogens is 4. The highest BCUT2D eigenvalue weighted by Gasteiger charge is 2.09. The molecule has 3 aromatic heterocycles. The van der Waals surface area contributed by atoms with Crippen molar-refractivity contribution >= 4 is 21.6 Å². The molecule has 0 saturated heterocycles. The summed E-state index contributed by atoms with van der Waals surface area (Å²) in [5, 5.41) is 1.96. The van der Waals surface area contributed by atoms with Crippen molar-refractivity contribution in [1.82, 2.24) is 19.5 Å². The van der Waals surface area contributed by atoms with E-state index in [4.69, 9.17) is 0 Å². The molecular formula is C14H14N4OS. The first-order valence-electron chi connectivity index (χ1n) is 6.29. The summed E-state index contributed by atoms with van der Waals surface area (Å²) >= 11 is 1.44. The van der Waals surface area contributed by atoms with Gasteiger partial charge in [0.1, 0.15) is 10.5 Å². The summed E-state index contributed by atoms with van der Waals surface area (Å²) < 4.78 is 2.30. The number of thiophene rings is 1. The molecule has 0 aromatic carbocycles. The minimum Gasteiger partial charge on any atom is -0.292 e. The minimum absolute atomic E-state index is 0.0120. The Morgan fingerprint density at radius 2 is 2.05 bits per heavy atom. The van der Waals surface area contributed by atoms with Crippen molar-refractivity contribution < 1.29 is 0 Å². The summed E-state index contributed by atoms with van der Waals surface area (Å²) in [5.74, 6) is 0.717. The molecule has 0 atom stereocenters. The number of fused-ring (bicyclic) bond motifs is 1. The monoisotopic (exact) mass is 286 g/mol. The lowest BCUT2D eigenvalue weighted by molar-refractivity contribution is 0.721. The fourth-order valence-electron chi connectivity index (χ4n) is 2.22. The fraction of sp³-hybridized carbons (Fsp3) is 0.286. The van der Waals surface area contributed by atoms with Gasteiger partial charge in [-0.3, -0.25) is 9.36 Å². The molecule has 3 heterocycles. The van der Waals surface area contributed by atoms with Gasteiger partial charge in [-0.05, 0) is 37.8 Å². The number of hydrogen-bond acceptors (Lipinski definition) is 5. The Labute approximate surface area is 120 Å². The highest BCUT2D eigenvalue weighted by atomic mass is 32.1. The van der Waals surface area contributed by atoms with Crippen molar-refractivity contribution in [2.45, 2.75) is 27.3 Å². The van der Waals surface area contributed by atoms with Gasteiger partial charge in [0, 0.05) is 5.69 Å². The third kappa shape index (κ3) is 2.22. The maximum absolute atomic E-state index is 12.4. The van der Waals surface area contributed by atoms with Crippen molar-refractivity contribution in [2.75, 3.05) is 0 Å². The summed E-state index contributed by atoms with van der Waals surface area (Å²) in [5.41, 5.74) is 3.56. The van der Waals surface area contributed by atoms with Crippen molar-refractivity contribution in [3.8, 4) is 0 Å². The van der Waals surface area contributed by atoms with Gasteiger partial charge in [-0.25, -0.2) is 15.0 Å². The standard InChI is InChI=1S/C14H14N4OS/c1-8-6-20-13-12(8)15-7-18(14(13)19)5-11-4-9(2)16-10(3)17-11/h4,6-7H,5H2,1-3H3. The van der Waals surface area contributed by atoms with E-state index in [1.807, 2.05) is 32.2 Å². The van der Waals surface area contributed by atoms with Crippen molar-refractivity contribution in [1.29, 1.82) is 0 Å². The van der Waals surface area contributed by atoms with E-state index in [1.165, 1.54) is 11.3 Å². The van der Waals surface area contributed by atoms with E-state index < -0.39 is 0 Å². The van der Waals surface area contributed by atoms with Gasteiger partial charge in [-0.15, -0.1) is 11.3 Å². The summed E-state index contributed by atoms with van der Waals surface area (Å²) in [4.78, 5) is 25.4. The summed E-state index contributed by atoms with van der Waals surface area (Å²) in [6.45, 7) is 6.16. The lowest BCUT2D eigenvalue weighted by Crippen LogP contribution is -2.21. The Kier molecular flexibility index (Phi) is 3.10. The van der Waals surface area contributed by atoms with Crippen molar-refractivity contribution in [3.05, 3.63) is 50.9 Å². The predicted molar refractivity (Wildman–Crippen MR) is 79.2 cm³/mol. The molecule has 0 amide bonds. The molecule has 3 aromatic rings. The smallest absolute Gasteiger partial charge is 0.271 e. The van der Waals surface area contributed by atoms with Gasteiger partial charge in [-0.2, -0.15) is 0 Å². The normalized spacial score (nSPS) is 11.2. The number of nitrogens with zero attached hydrogens (tertiary/aromatic N) is 4. The van der Waals surface area contributed by atoms with Gasteiger partial charge in [0.25, 0.3) is 5.56 Å². The Bertz CT molecular complexity index is 830. The fourth-order valence-corrected chi connectivity index (χ4v) is 3.17. The molecule has 0 unspecified atom stereocenters. The first-order valence-corrected chi connectivity index (χ1v) is 7.17. The molecule has 0 aliphatic rings. The predicted octanol–water partition coefficient (Wildman–Crippen LogP) is 2.22. The zero-order valence-corrected chi connectivity index (χ0v) is 12.4. The van der Waals surface area contributed by atoms with E-state index in [2.05, 4.69) is 15.0 Å². The number of hydrogen-bond donors (Lipinski definition) is 0. The molecule has 3 rings (SSSR count). The molecule has 20 heavy (non-hydrogen) atoms. The second kappa shape index (κ2) is 4.79. The quantitative estimate of drug-likeness (QED) is 0.724. The number of rotatable bonds is 2. The van der Waals surface area contributed by atoms with Crippen LogP contribution in [-0.2, 0) is 6.54 Å². The highest BCUT2D eigenvalue weighted by Crippen LogP contribution is 2.19. The van der Waals surface area contributed by atoms with Crippen LogP contribution in [0, 0.1) is 20.8 Å². The van der Waals surface area contributed by atoms with E-state index in [0.717, 1.165) is 22.5 Å². The van der Waals surface area contributed by atoms with Crippen molar-refractivity contribution in [2.24, 2.45) is 0 Å². The molecule has 0 bridgehead atoms. The lowest BCUT2D eigenvalue weighted by atomic mass is 10.3. The van der Waals surface area contributed by atoms with E-state index >= 15 is 0 Å². The summed E-state index contributed by atoms with van der Waals surface area (Å²) in [7, 11) is 0. The molecular weight excluding hydrogens is 272 g/mol. The second-order valence-electron chi connectivity index (χ2n) is 4.82. The van der Waals surface area contributed by atoms with Crippen LogP contribution in [0.1, 0.15) is 22.8 Å². The molecule has 0 aliphatic heterocycles. The van der Waals surface area contributed by atoms with Crippen LogP contribution >= 0.6 is 11.3 Å². The first kappa shape index (κ1) is 12.9. The van der Waals surface area contributed by atoms with Gasteiger partial charge in [0.2, 0.25) is 0 Å². The summed E-state index contributed by atoms with van der Waals surface area (Å²) in [6.07, 6.45) is 1.59. The van der Waals surface area contributed by atoms with Crippen LogP contribution in [0.3, 0.4) is 0 Å². The topological polar surface area (TPSA) is 60.7 Å². The number of aryl methyl sites for hydroxylation is 3. The largest absolute Gasteiger partial charge is 0.292 e. The molecule has 0 radical (unpaired) electrons. The van der Waals surface area contributed by atoms with Crippen LogP contribution in [0.2, 0.25) is 0 Å². The van der Waals surface area contributed by atoms with E-state index in [9.17, 15) is 4.79 Å². The molecule has 0 fully saturated rings. The van der Waals surface area contributed by atoms with E-state index in [1.54, 1.807) is 10.9 Å². The Morgan fingerprint density at radius 1 is 1.25 bits per heavy atom. The molecule has 0 aliphatic carbocycles. The molecule has 6 heteroatoms. The molecule has 0 N–H and O–H groups in total. The van der Waals surface area contributed by atoms with Crippen molar-refractivity contribution in [3.63, 3.8) is 0 Å². The van der Waals surface area contributed by atoms with Gasteiger partial charge < -0.3 is 0 Å². The maximum Gasteiger partial charge on any atom is 0.271 e. The van der Waals surface area contributed by atoms with Crippen LogP contribution in [0.15, 0.2) is 22.6 Å². The zero-order valence-electron chi connectivity index (χ0n) is 11.5. The van der Waals surface area contributed by atoms with Gasteiger partial charge in [0.15, 0.2) is 0 Å². The van der Waals surface area contributed by atoms with Gasteiger partial charge >= 0.3 is 0 Å². The molecule has 102 valence electrons. The average Bonchev–Trinajstić information content (AvgIpc) is 2.74. The Hall–Kier alpha value is -2.08. The van der Waals surface area contributed by atoms with Crippen LogP contribution in [0.4, 0.5) is 0 Å². The van der Waals surface area contributed by atoms with Crippen LogP contribution in [0.5, 0.6) is 0 Å². The third-order valence-electron chi connectivity index (χ3n) is 3.07. The second-order valence-corrected chi connectivity index (χ2v) is 5.70. The maximum atomic E-state index is 12.4. The zero-order chi connectivity index (χ0) is 14.3. The van der Waals surface area contributed by atoms with Crippen LogP contribution in [0.25, 0.3) is 10.2 Å². The minimum atomic E-state index is -0.0120. The van der Waals surface area contributed by atoms with Gasteiger partial charge in [0.05, 0.1) is 24.1 Å². The molecule has 0 spiro atoms. The van der Waals surface area contributed by atoms with Gasteiger partial charge in [-0.1, -0.05) is 0 Å².